The van der Waals surface area contributed by atoms with E-state index >= 15 is 0 Å². The minimum absolute atomic E-state index is 0.266. The van der Waals surface area contributed by atoms with Crippen LogP contribution in [0.3, 0.4) is 0 Å². The molecule has 2 aromatic rings. The number of carbonyl (C=O) groups excluding carboxylic acids is 2. The van der Waals surface area contributed by atoms with Crippen LogP contribution in [0.2, 0.25) is 0 Å². The van der Waals surface area contributed by atoms with Crippen molar-refractivity contribution in [3.8, 4) is 0 Å². The molecule has 0 aromatic heterocycles. The van der Waals surface area contributed by atoms with Crippen LogP contribution < -0.4 is 0 Å². The molecule has 9 heteroatoms. The van der Waals surface area contributed by atoms with Crippen LogP contribution in [0.4, 0.5) is 0 Å². The molecule has 0 fully saturated rings. The van der Waals surface area contributed by atoms with Gasteiger partial charge in [-0.3, -0.25) is 0 Å². The second kappa shape index (κ2) is 7.26. The number of cyclic esters (lactones) is 2. The fourth-order valence-corrected chi connectivity index (χ4v) is 2.07. The van der Waals surface area contributed by atoms with Crippen LogP contribution in [0.25, 0.3) is 0 Å². The molecule has 1 aliphatic heterocycles. The Morgan fingerprint density at radius 3 is 1.62 bits per heavy atom. The molecule has 0 bridgehead atoms. The van der Waals surface area contributed by atoms with Crippen molar-refractivity contribution in [2.24, 2.45) is 0 Å². The van der Waals surface area contributed by atoms with E-state index in [0.717, 1.165) is 18.2 Å². The summed E-state index contributed by atoms with van der Waals surface area (Å²) < 4.78 is 4.35. The van der Waals surface area contributed by atoms with Gasteiger partial charge in [0.15, 0.2) is 0 Å². The molecule has 0 atom stereocenters. The molecule has 9 nitrogen and oxygen atoms in total. The van der Waals surface area contributed by atoms with Gasteiger partial charge in [0.25, 0.3) is 0 Å². The Bertz CT molecular complexity index is 910. The van der Waals surface area contributed by atoms with Gasteiger partial charge in [0.1, 0.15) is 0 Å². The van der Waals surface area contributed by atoms with E-state index in [1.807, 2.05) is 0 Å². The first-order valence-corrected chi connectivity index (χ1v) is 6.92. The third kappa shape index (κ3) is 3.73. The van der Waals surface area contributed by atoms with Crippen molar-refractivity contribution in [1.29, 1.82) is 0 Å². The molecule has 0 spiro atoms. The van der Waals surface area contributed by atoms with Crippen LogP contribution >= 0.6 is 0 Å². The van der Waals surface area contributed by atoms with Crippen LogP contribution in [0, 0.1) is 0 Å². The highest BCUT2D eigenvalue weighted by atomic mass is 16.6. The van der Waals surface area contributed by atoms with E-state index < -0.39 is 41.0 Å². The average molecular weight is 358 g/mol. The van der Waals surface area contributed by atoms with Gasteiger partial charge < -0.3 is 20.1 Å². The maximum absolute atomic E-state index is 10.8. The SMILES string of the molecule is O=C(O)c1ccc(C(=O)O)c(C(=O)O)c1.O=C1OC(=O)c2ccccc21. The summed E-state index contributed by atoms with van der Waals surface area (Å²) in [5.74, 6) is -5.30. The molecule has 0 aliphatic carbocycles. The summed E-state index contributed by atoms with van der Waals surface area (Å²) in [4.78, 5) is 53.4. The lowest BCUT2D eigenvalue weighted by molar-refractivity contribution is 0.0442. The van der Waals surface area contributed by atoms with Gasteiger partial charge in [-0.2, -0.15) is 0 Å². The molecule has 2 aromatic carbocycles. The summed E-state index contributed by atoms with van der Waals surface area (Å²) in [5, 5.41) is 25.9. The number of hydrogen-bond donors (Lipinski definition) is 3. The smallest absolute Gasteiger partial charge is 0.346 e. The molecular formula is C17H10O9. The summed E-state index contributed by atoms with van der Waals surface area (Å²) in [6.45, 7) is 0. The number of carboxylic acid groups (broad SMARTS) is 3. The van der Waals surface area contributed by atoms with Gasteiger partial charge in [0.05, 0.1) is 27.8 Å². The number of rotatable bonds is 3. The highest BCUT2D eigenvalue weighted by Gasteiger charge is 2.28. The standard InChI is InChI=1S/C9H6O6.C8H4O3/c10-7(11)4-1-2-5(8(12)13)6(3-4)9(14)15;9-7-5-3-1-2-4-6(5)8(10)11-7/h1-3H,(H,10,11)(H,12,13)(H,14,15);1-4H. The molecule has 0 saturated heterocycles. The number of fused-ring (bicyclic) bond motifs is 1. The van der Waals surface area contributed by atoms with Gasteiger partial charge in [-0.15, -0.1) is 0 Å². The topological polar surface area (TPSA) is 155 Å². The van der Waals surface area contributed by atoms with E-state index in [1.165, 1.54) is 0 Å². The summed E-state index contributed by atoms with van der Waals surface area (Å²) in [5.41, 5.74) is -0.526. The van der Waals surface area contributed by atoms with Crippen LogP contribution in [0.15, 0.2) is 42.5 Å². The highest BCUT2D eigenvalue weighted by Crippen LogP contribution is 2.18. The zero-order valence-corrected chi connectivity index (χ0v) is 12.8. The maximum atomic E-state index is 10.8. The van der Waals surface area contributed by atoms with E-state index in [-0.39, 0.29) is 5.56 Å². The summed E-state index contributed by atoms with van der Waals surface area (Å²) >= 11 is 0. The molecule has 0 amide bonds. The largest absolute Gasteiger partial charge is 0.478 e. The van der Waals surface area contributed by atoms with Gasteiger partial charge in [0, 0.05) is 0 Å². The molecule has 1 aliphatic rings. The fourth-order valence-electron chi connectivity index (χ4n) is 2.07. The summed E-state index contributed by atoms with van der Waals surface area (Å²) in [7, 11) is 0. The number of aromatic carboxylic acids is 3. The minimum atomic E-state index is -1.48. The number of esters is 2. The normalized spacial score (nSPS) is 11.7. The molecule has 132 valence electrons. The Balaban J connectivity index is 0.000000195. The van der Waals surface area contributed by atoms with Gasteiger partial charge >= 0.3 is 29.8 Å². The van der Waals surface area contributed by atoms with E-state index in [1.54, 1.807) is 24.3 Å². The zero-order valence-electron chi connectivity index (χ0n) is 12.8. The maximum Gasteiger partial charge on any atom is 0.346 e. The molecule has 0 unspecified atom stereocenters. The predicted octanol–water partition coefficient (Wildman–Crippen LogP) is 1.78. The monoisotopic (exact) mass is 358 g/mol. The average Bonchev–Trinajstić information content (AvgIpc) is 2.89. The van der Waals surface area contributed by atoms with Crippen molar-refractivity contribution in [1.82, 2.24) is 0 Å². The number of hydrogen-bond acceptors (Lipinski definition) is 6. The number of benzene rings is 2. The van der Waals surface area contributed by atoms with Gasteiger partial charge in [-0.25, -0.2) is 24.0 Å². The fraction of sp³-hybridized carbons (Fsp3) is 0. The van der Waals surface area contributed by atoms with Crippen molar-refractivity contribution in [2.45, 2.75) is 0 Å². The Morgan fingerprint density at radius 1 is 0.692 bits per heavy atom. The van der Waals surface area contributed by atoms with E-state index in [4.69, 9.17) is 15.3 Å². The van der Waals surface area contributed by atoms with Crippen molar-refractivity contribution < 1.29 is 44.0 Å². The molecule has 0 saturated carbocycles. The summed E-state index contributed by atoms with van der Waals surface area (Å²) in [6.07, 6.45) is 0. The molecule has 26 heavy (non-hydrogen) atoms. The molecule has 3 rings (SSSR count). The van der Waals surface area contributed by atoms with E-state index in [9.17, 15) is 24.0 Å². The lowest BCUT2D eigenvalue weighted by atomic mass is 10.0. The first kappa shape index (κ1) is 18.3. The minimum Gasteiger partial charge on any atom is -0.478 e. The molecule has 3 N–H and O–H groups in total. The van der Waals surface area contributed by atoms with Crippen molar-refractivity contribution >= 4 is 29.8 Å². The van der Waals surface area contributed by atoms with E-state index in [2.05, 4.69) is 4.74 Å². The van der Waals surface area contributed by atoms with Crippen LogP contribution in [0.5, 0.6) is 0 Å². The van der Waals surface area contributed by atoms with E-state index in [0.29, 0.717) is 11.1 Å². The Kier molecular flexibility index (Phi) is 5.12. The lowest BCUT2D eigenvalue weighted by Crippen LogP contribution is -2.10. The molecule has 0 radical (unpaired) electrons. The quantitative estimate of drug-likeness (QED) is 0.549. The molecular weight excluding hydrogens is 348 g/mol. The van der Waals surface area contributed by atoms with Gasteiger partial charge in [0.2, 0.25) is 0 Å². The van der Waals surface area contributed by atoms with Gasteiger partial charge in [-0.05, 0) is 30.3 Å². The predicted molar refractivity (Wildman–Crippen MR) is 83.5 cm³/mol. The van der Waals surface area contributed by atoms with Crippen LogP contribution in [0.1, 0.15) is 51.8 Å². The van der Waals surface area contributed by atoms with Crippen LogP contribution in [-0.2, 0) is 4.74 Å². The lowest BCUT2D eigenvalue weighted by Gasteiger charge is -2.02. The number of carbonyl (C=O) groups is 5. The molecule has 1 heterocycles. The zero-order chi connectivity index (χ0) is 19.4. The van der Waals surface area contributed by atoms with Crippen molar-refractivity contribution in [3.63, 3.8) is 0 Å². The van der Waals surface area contributed by atoms with Gasteiger partial charge in [-0.1, -0.05) is 12.1 Å². The first-order valence-electron chi connectivity index (χ1n) is 6.92. The van der Waals surface area contributed by atoms with Crippen LogP contribution in [-0.4, -0.2) is 45.2 Å². The third-order valence-corrected chi connectivity index (χ3v) is 3.28. The second-order valence-electron chi connectivity index (χ2n) is 4.90. The first-order chi connectivity index (χ1) is 12.2. The second-order valence-corrected chi connectivity index (χ2v) is 4.90. The summed E-state index contributed by atoms with van der Waals surface area (Å²) in [6, 6.07) is 9.34. The Hall–Kier alpha value is -4.01. The third-order valence-electron chi connectivity index (χ3n) is 3.28. The van der Waals surface area contributed by atoms with Crippen molar-refractivity contribution in [3.05, 3.63) is 70.3 Å². The Morgan fingerprint density at radius 2 is 1.19 bits per heavy atom. The number of carboxylic acids is 3. The van der Waals surface area contributed by atoms with Crippen molar-refractivity contribution in [2.75, 3.05) is 0 Å². The number of ether oxygens (including phenoxy) is 1. The highest BCUT2D eigenvalue weighted by molar-refractivity contribution is 6.14. The Labute approximate surface area is 145 Å².